The summed E-state index contributed by atoms with van der Waals surface area (Å²) >= 11 is 0. The molecule has 73 heavy (non-hydrogen) atoms. The first-order chi connectivity index (χ1) is 34.7. The van der Waals surface area contributed by atoms with Crippen LogP contribution in [-0.2, 0) is 0 Å². The summed E-state index contributed by atoms with van der Waals surface area (Å²) in [5, 5.41) is 7.07. The Morgan fingerprint density at radius 3 is 0.438 bits per heavy atom. The van der Waals surface area contributed by atoms with Gasteiger partial charge in [0.1, 0.15) is 25.3 Å². The lowest BCUT2D eigenvalue weighted by molar-refractivity contribution is 0.469. The van der Waals surface area contributed by atoms with Crippen LogP contribution in [0.15, 0.2) is 160 Å². The Morgan fingerprint density at radius 1 is 0.205 bits per heavy atom. The van der Waals surface area contributed by atoms with Gasteiger partial charge in [-0.05, 0) is 65.3 Å². The molecule has 0 saturated heterocycles. The molecule has 0 radical (unpaired) electrons. The normalized spacial score (nSPS) is 7.73. The van der Waals surface area contributed by atoms with Crippen LogP contribution in [0.4, 0.5) is 0 Å². The third-order valence-corrected chi connectivity index (χ3v) is 3.07. The molecule has 6 rings (SSSR count). The molecule has 5 aromatic heterocycles. The van der Waals surface area contributed by atoms with Crippen molar-refractivity contribution >= 4 is 0 Å². The summed E-state index contributed by atoms with van der Waals surface area (Å²) in [6, 6.07) is 23.1. The Labute approximate surface area is 457 Å². The van der Waals surface area contributed by atoms with Crippen molar-refractivity contribution in [1.82, 2.24) is 50.1 Å². The molecule has 0 N–H and O–H groups in total. The van der Waals surface area contributed by atoms with Gasteiger partial charge in [0.25, 0.3) is 0 Å². The SMILES string of the molecule is CC.CC.CC.CC.CC.CC.CC(C)(C)C.CC(C)C.CC(C)C.CC(C)C.CC(C)C.CC(C)C.c1ccccc1.c1ccncc1.c1ccnnc1.c1cnccn1.c1cncnc1.c1ncncn1. The minimum Gasteiger partial charge on any atom is -0.265 e. The Bertz CT molecular complexity index is 986. The van der Waals surface area contributed by atoms with Crippen molar-refractivity contribution in [3.8, 4) is 0 Å². The highest BCUT2D eigenvalue weighted by Crippen LogP contribution is 2.08. The van der Waals surface area contributed by atoms with Gasteiger partial charge in [0.15, 0.2) is 0 Å². The number of aromatic nitrogens is 10. The standard InChI is InChI=1S/C6H6.C5H5N.C5H12.3C4H4N2.5C4H10.C3H3N3.6C2H6/c2*1-2-4-6-5-3-1;1-5(2,3)4;1-2-6-4-3-5-1;1-2-5-4-6-3-1;1-2-4-6-5-3-1;5*1-4(2)3;1-4-2-6-3-5-1;6*1-2/h1-6H;1-5H;1-4H3;3*1-4H;5*4H,1-3H3;1-3H;6*1-2H3. The number of rotatable bonds is 0. The summed E-state index contributed by atoms with van der Waals surface area (Å²) in [5.41, 5.74) is 0.500. The molecule has 0 aliphatic heterocycles. The largest absolute Gasteiger partial charge is 0.265 e. The molecule has 1 aromatic carbocycles. The number of benzene rings is 1. The Hall–Kier alpha value is -5.38. The van der Waals surface area contributed by atoms with Crippen LogP contribution in [0.3, 0.4) is 0 Å². The lowest BCUT2D eigenvalue weighted by Gasteiger charge is -2.05. The summed E-state index contributed by atoms with van der Waals surface area (Å²) in [5.74, 6) is 4.17. The number of hydrogen-bond acceptors (Lipinski definition) is 10. The fourth-order valence-corrected chi connectivity index (χ4v) is 1.66. The summed E-state index contributed by atoms with van der Waals surface area (Å²) in [6.07, 6.45) is 22.5. The molecule has 0 bridgehead atoms. The second kappa shape index (κ2) is 108. The molecular formula is C63H124N10. The maximum atomic E-state index is 3.78. The molecule has 0 unspecified atom stereocenters. The average Bonchev–Trinajstić information content (AvgIpc) is 3.40. The van der Waals surface area contributed by atoms with E-state index < -0.39 is 0 Å². The van der Waals surface area contributed by atoms with Crippen LogP contribution in [-0.4, -0.2) is 50.1 Å². The summed E-state index contributed by atoms with van der Waals surface area (Å²) in [4.78, 5) is 29.3. The third kappa shape index (κ3) is 297. The second-order valence-electron chi connectivity index (χ2n) is 17.3. The lowest BCUT2D eigenvalue weighted by atomic mass is 10.0. The maximum Gasteiger partial charge on any atom is 0.119 e. The Balaban J connectivity index is -0.0000000548. The molecule has 426 valence electrons. The van der Waals surface area contributed by atoms with Gasteiger partial charge in [0, 0.05) is 62.0 Å². The minimum atomic E-state index is 0.500. The molecule has 5 heterocycles. The summed E-state index contributed by atoms with van der Waals surface area (Å²) < 4.78 is 0. The minimum absolute atomic E-state index is 0.500. The molecule has 0 saturated carbocycles. The first-order valence-electron chi connectivity index (χ1n) is 27.2. The zero-order valence-electron chi connectivity index (χ0n) is 53.9. The van der Waals surface area contributed by atoms with Crippen LogP contribution < -0.4 is 0 Å². The van der Waals surface area contributed by atoms with Gasteiger partial charge in [-0.2, -0.15) is 10.2 Å². The molecule has 0 aliphatic carbocycles. The van der Waals surface area contributed by atoms with Crippen molar-refractivity contribution in [2.24, 2.45) is 35.0 Å². The predicted octanol–water partition coefficient (Wildman–Crippen LogP) is 20.6. The van der Waals surface area contributed by atoms with Crippen molar-refractivity contribution in [1.29, 1.82) is 0 Å². The first-order valence-corrected chi connectivity index (χ1v) is 27.2. The van der Waals surface area contributed by atoms with Crippen molar-refractivity contribution in [3.05, 3.63) is 160 Å². The van der Waals surface area contributed by atoms with Gasteiger partial charge in [-0.3, -0.25) is 15.0 Å². The Kier molecular flexibility index (Phi) is 143. The van der Waals surface area contributed by atoms with Crippen LogP contribution in [0.5, 0.6) is 0 Å². The zero-order chi connectivity index (χ0) is 59.8. The number of hydrogen-bond donors (Lipinski definition) is 0. The highest BCUT2D eigenvalue weighted by Gasteiger charge is 1.95. The van der Waals surface area contributed by atoms with Crippen LogP contribution in [0, 0.1) is 35.0 Å². The van der Waals surface area contributed by atoms with Gasteiger partial charge in [-0.1, -0.05) is 257 Å². The van der Waals surface area contributed by atoms with Gasteiger partial charge >= 0.3 is 0 Å². The van der Waals surface area contributed by atoms with E-state index in [4.69, 9.17) is 0 Å². The molecule has 0 aliphatic rings. The third-order valence-electron chi connectivity index (χ3n) is 3.07. The molecule has 0 amide bonds. The Morgan fingerprint density at radius 2 is 0.356 bits per heavy atom. The van der Waals surface area contributed by atoms with Crippen molar-refractivity contribution < 1.29 is 0 Å². The molecule has 10 nitrogen and oxygen atoms in total. The molecule has 0 atom stereocenters. The van der Waals surface area contributed by atoms with E-state index in [-0.39, 0.29) is 0 Å². The van der Waals surface area contributed by atoms with Gasteiger partial charge < -0.3 is 0 Å². The molecular weight excluding hydrogens is 897 g/mol. The summed E-state index contributed by atoms with van der Waals surface area (Å²) in [6.45, 7) is 65.2. The average molecular weight is 1020 g/mol. The van der Waals surface area contributed by atoms with E-state index in [1.54, 1.807) is 68.0 Å². The van der Waals surface area contributed by atoms with Gasteiger partial charge in [0.05, 0.1) is 0 Å². The monoisotopic (exact) mass is 1020 g/mol. The van der Waals surface area contributed by atoms with Crippen LogP contribution >= 0.6 is 0 Å². The zero-order valence-corrected chi connectivity index (χ0v) is 53.9. The van der Waals surface area contributed by atoms with Gasteiger partial charge in [0.2, 0.25) is 0 Å². The molecule has 0 fully saturated rings. The summed E-state index contributed by atoms with van der Waals surface area (Å²) in [7, 11) is 0. The highest BCUT2D eigenvalue weighted by atomic mass is 15.1. The number of nitrogens with zero attached hydrogens (tertiary/aromatic N) is 10. The van der Waals surface area contributed by atoms with Crippen LogP contribution in [0.2, 0.25) is 0 Å². The molecule has 10 heteroatoms. The van der Waals surface area contributed by atoms with Crippen LogP contribution in [0.25, 0.3) is 0 Å². The second-order valence-corrected chi connectivity index (χ2v) is 17.3. The van der Waals surface area contributed by atoms with Crippen LogP contribution in [0.1, 0.15) is 215 Å². The first kappa shape index (κ1) is 97.0. The van der Waals surface area contributed by atoms with Gasteiger partial charge in [-0.15, -0.1) is 0 Å². The van der Waals surface area contributed by atoms with E-state index in [0.29, 0.717) is 5.41 Å². The van der Waals surface area contributed by atoms with E-state index in [1.807, 2.05) is 150 Å². The molecule has 0 spiro atoms. The van der Waals surface area contributed by atoms with Crippen molar-refractivity contribution in [2.75, 3.05) is 0 Å². The van der Waals surface area contributed by atoms with Gasteiger partial charge in [-0.25, -0.2) is 24.9 Å². The lowest BCUT2D eigenvalue weighted by Crippen LogP contribution is -1.93. The van der Waals surface area contributed by atoms with E-state index in [2.05, 4.69) is 182 Å². The highest BCUT2D eigenvalue weighted by molar-refractivity contribution is 4.99. The molecule has 6 aromatic rings. The maximum absolute atomic E-state index is 3.78. The fourth-order valence-electron chi connectivity index (χ4n) is 1.66. The van der Waals surface area contributed by atoms with E-state index in [9.17, 15) is 0 Å². The van der Waals surface area contributed by atoms with E-state index >= 15 is 0 Å². The van der Waals surface area contributed by atoms with E-state index in [1.165, 1.54) is 25.3 Å². The van der Waals surface area contributed by atoms with Crippen molar-refractivity contribution in [3.63, 3.8) is 0 Å². The quantitative estimate of drug-likeness (QED) is 0.145. The smallest absolute Gasteiger partial charge is 0.119 e. The van der Waals surface area contributed by atoms with E-state index in [0.717, 1.165) is 29.6 Å². The fraction of sp³-hybridized carbons (Fsp3) is 0.587. The topological polar surface area (TPSA) is 129 Å². The van der Waals surface area contributed by atoms with Crippen molar-refractivity contribution in [2.45, 2.75) is 215 Å². The number of pyridine rings is 1. The predicted molar refractivity (Wildman–Crippen MR) is 332 cm³/mol.